The van der Waals surface area contributed by atoms with Crippen LogP contribution in [0.5, 0.6) is 11.5 Å². The van der Waals surface area contributed by atoms with Crippen molar-refractivity contribution in [2.75, 3.05) is 50.8 Å². The zero-order valence-electron chi connectivity index (χ0n) is 34.7. The summed E-state index contributed by atoms with van der Waals surface area (Å²) in [6.07, 6.45) is 11.2. The molecule has 7 aliphatic rings. The second-order valence-corrected chi connectivity index (χ2v) is 22.4. The first-order valence-corrected chi connectivity index (χ1v) is 24.6. The number of alkyl halides is 3. The van der Waals surface area contributed by atoms with Crippen LogP contribution in [0.4, 0.5) is 18.9 Å². The van der Waals surface area contributed by atoms with Gasteiger partial charge in [0, 0.05) is 0 Å². The van der Waals surface area contributed by atoms with Crippen molar-refractivity contribution in [1.82, 2.24) is 18.8 Å². The van der Waals surface area contributed by atoms with Gasteiger partial charge in [0.05, 0.1) is 5.41 Å². The third kappa shape index (κ3) is 8.57. The summed E-state index contributed by atoms with van der Waals surface area (Å²) in [5, 5.41) is 16.3. The van der Waals surface area contributed by atoms with Gasteiger partial charge in [0.15, 0.2) is 0 Å². The number of nitro groups is 1. The van der Waals surface area contributed by atoms with Gasteiger partial charge < -0.3 is 0 Å². The number of ether oxygens (including phenoxy) is 2. The molecule has 2 radical (unpaired) electrons. The minimum atomic E-state index is -4.12. The molecule has 322 valence electrons. The number of carbonyl (C=O) groups is 1. The molecule has 4 heterocycles. The number of amides is 1. The summed E-state index contributed by atoms with van der Waals surface area (Å²) in [6.45, 7) is 9.41. The summed E-state index contributed by atoms with van der Waals surface area (Å²) in [5.41, 5.74) is 3.57. The second kappa shape index (κ2) is 16.4. The van der Waals surface area contributed by atoms with E-state index in [-0.39, 0.29) is 50.6 Å². The monoisotopic (exact) mass is 948 g/mol. The first-order chi connectivity index (χ1) is 29.2. The molecule has 2 aliphatic heterocycles. The van der Waals surface area contributed by atoms with Crippen LogP contribution in [-0.4, -0.2) is 105 Å². The normalized spacial score (nSPS) is 26.4. The maximum Gasteiger partial charge on any atom is 0.394 e. The van der Waals surface area contributed by atoms with Crippen LogP contribution in [0.3, 0.4) is 0 Å². The van der Waals surface area contributed by atoms with Gasteiger partial charge in [-0.3, -0.25) is 0 Å². The Morgan fingerprint density at radius 1 is 1.18 bits per heavy atom. The van der Waals surface area contributed by atoms with Crippen LogP contribution in [0, 0.1) is 32.3 Å². The number of fused-ring (bicyclic) bond motifs is 1. The van der Waals surface area contributed by atoms with Gasteiger partial charge in [-0.1, -0.05) is 19.4 Å². The predicted octanol–water partition coefficient (Wildman–Crippen LogP) is 8.10. The average Bonchev–Trinajstić information content (AvgIpc) is 3.67. The predicted molar refractivity (Wildman–Crippen MR) is 227 cm³/mol. The number of anilines is 1. The molecule has 1 atom stereocenters. The smallest absolute Gasteiger partial charge is 0.171 e. The van der Waals surface area contributed by atoms with E-state index < -0.39 is 33.0 Å². The zero-order chi connectivity index (χ0) is 42.6. The van der Waals surface area contributed by atoms with Crippen LogP contribution in [-0.2, 0) is 4.74 Å². The molecule has 3 aromatic rings. The molecule has 0 spiro atoms. The van der Waals surface area contributed by atoms with Crippen molar-refractivity contribution in [3.05, 3.63) is 93.1 Å². The summed E-state index contributed by atoms with van der Waals surface area (Å²) in [6, 6.07) is 9.37. The van der Waals surface area contributed by atoms with E-state index in [1.807, 2.05) is 30.3 Å². The number of pyridine rings is 1. The number of benzene rings is 1. The van der Waals surface area contributed by atoms with Crippen LogP contribution >= 0.6 is 0 Å². The Bertz CT molecular complexity index is 2330. The molecule has 1 amide bonds. The van der Waals surface area contributed by atoms with E-state index in [1.54, 1.807) is 24.5 Å². The number of nitrogens with zero attached hydrogens (tertiary/aromatic N) is 4. The Morgan fingerprint density at radius 3 is 2.72 bits per heavy atom. The molecule has 2 bridgehead atoms. The van der Waals surface area contributed by atoms with Gasteiger partial charge >= 0.3 is 278 Å². The number of allylic oxidation sites excluding steroid dienone is 3. The molecular formula is C45H53F3N7O5Sn+. The largest absolute Gasteiger partial charge is 0.394 e. The van der Waals surface area contributed by atoms with E-state index in [4.69, 9.17) is 9.47 Å². The Morgan fingerprint density at radius 2 is 1.98 bits per heavy atom. The Labute approximate surface area is 363 Å². The fourth-order valence-electron chi connectivity index (χ4n) is 10.4. The van der Waals surface area contributed by atoms with Crippen molar-refractivity contribution >= 4 is 50.3 Å². The summed E-state index contributed by atoms with van der Waals surface area (Å²) in [7, 11) is 0. The molecule has 4 fully saturated rings. The maximum atomic E-state index is 13.9. The molecule has 16 heteroatoms. The molecule has 10 rings (SSSR count). The van der Waals surface area contributed by atoms with Crippen LogP contribution in [0.15, 0.2) is 77.4 Å². The summed E-state index contributed by atoms with van der Waals surface area (Å²) in [5.74, 6) is 0.995. The second-order valence-electron chi connectivity index (χ2n) is 18.8. The fourth-order valence-corrected chi connectivity index (χ4v) is 13.0. The summed E-state index contributed by atoms with van der Waals surface area (Å²) in [4.78, 5) is 35.5. The SMILES string of the molecule is CC1(C)CCC(C[N+]2=CCN(c3ccc(C(=O)[NH][Sn][CH]4C=C([N+](=O)[O-])C(NCC5CCOCC5)=CC4)c(Oc4cnc5[nH]ccc5c4)c3)CC2)=C(C23CC(C(F)(F)F)(C2)C3)C1. The van der Waals surface area contributed by atoms with Crippen LogP contribution in [0.25, 0.3) is 11.0 Å². The molecule has 5 aliphatic carbocycles. The molecule has 12 nitrogen and oxygen atoms in total. The quantitative estimate of drug-likeness (QED) is 0.0515. The molecule has 3 saturated carbocycles. The van der Waals surface area contributed by atoms with E-state index in [9.17, 15) is 28.1 Å². The number of hydrogen-bond donors (Lipinski definition) is 3. The van der Waals surface area contributed by atoms with Gasteiger partial charge in [-0.2, -0.15) is 13.2 Å². The molecule has 1 aromatic carbocycles. The van der Waals surface area contributed by atoms with E-state index >= 15 is 0 Å². The van der Waals surface area contributed by atoms with Gasteiger partial charge in [0.1, 0.15) is 0 Å². The topological polar surface area (TPSA) is 138 Å². The number of aromatic amines is 1. The van der Waals surface area contributed by atoms with Gasteiger partial charge in [0.2, 0.25) is 0 Å². The van der Waals surface area contributed by atoms with E-state index in [0.717, 1.165) is 68.5 Å². The Kier molecular flexibility index (Phi) is 11.3. The minimum absolute atomic E-state index is 0.0599. The third-order valence-corrected chi connectivity index (χ3v) is 17.2. The standard InChI is InChI=1S/C33H36F3N5O2.C12H17N2O3.Sn/c1-30(2)7-5-22(26(15-30)31-18-32(19-31,20-31)33(34,35)36)17-40-9-11-41(12-10-40)23-3-4-25(28(37)42)27(14-23)43-24-13-21-6-8-38-29(21)39-16-24;15-14(16)12-4-2-1-3-11(12)13-9-10-5-7-17-8-6-10;/h3-4,6,8-9,13-14,16H,5,7,10-12,15,17-20H2,1-2H3,(H2-,37,38,39,42);2-4,10,13H,1,5-9H2;/q;;+1. The van der Waals surface area contributed by atoms with Crippen LogP contribution in [0.2, 0.25) is 3.93 Å². The first kappa shape index (κ1) is 41.9. The van der Waals surface area contributed by atoms with Gasteiger partial charge in [-0.05, 0) is 49.4 Å². The van der Waals surface area contributed by atoms with Crippen molar-refractivity contribution in [3.63, 3.8) is 0 Å². The number of carbonyl (C=O) groups excluding carboxylic acids is 1. The molecular weight excluding hydrogens is 894 g/mol. The van der Waals surface area contributed by atoms with Gasteiger partial charge in [0.25, 0.3) is 0 Å². The van der Waals surface area contributed by atoms with Crippen molar-refractivity contribution in [1.29, 1.82) is 0 Å². The summed E-state index contributed by atoms with van der Waals surface area (Å²) >= 11 is -1.68. The number of H-pyrrole nitrogens is 1. The molecule has 2 aromatic heterocycles. The first-order valence-electron chi connectivity index (χ1n) is 21.5. The molecule has 1 saturated heterocycles. The number of rotatable bonds is 13. The van der Waals surface area contributed by atoms with Gasteiger partial charge in [-0.15, -0.1) is 0 Å². The maximum absolute atomic E-state index is 13.9. The van der Waals surface area contributed by atoms with Crippen molar-refractivity contribution < 1.29 is 36.9 Å². The number of nitrogens with one attached hydrogen (secondary N) is 3. The number of halogens is 3. The summed E-state index contributed by atoms with van der Waals surface area (Å²) < 4.78 is 58.7. The van der Waals surface area contributed by atoms with Crippen LogP contribution in [0.1, 0.15) is 82.0 Å². The third-order valence-electron chi connectivity index (χ3n) is 13.9. The van der Waals surface area contributed by atoms with E-state index in [1.165, 1.54) is 11.1 Å². The zero-order valence-corrected chi connectivity index (χ0v) is 37.6. The van der Waals surface area contributed by atoms with Gasteiger partial charge in [-0.25, -0.2) is 0 Å². The molecule has 61 heavy (non-hydrogen) atoms. The molecule has 3 N–H and O–H groups in total. The fraction of sp³-hybridized carbons (Fsp3) is 0.533. The van der Waals surface area contributed by atoms with E-state index in [2.05, 4.69) is 48.4 Å². The Hall–Kier alpha value is -4.38. The molecule has 1 unspecified atom stereocenters. The van der Waals surface area contributed by atoms with Crippen molar-refractivity contribution in [2.45, 2.75) is 81.7 Å². The van der Waals surface area contributed by atoms with Crippen LogP contribution < -0.4 is 18.5 Å². The Balaban J connectivity index is 0.891. The number of hydrogen-bond acceptors (Lipinski definition) is 8. The number of aromatic nitrogens is 2. The average molecular weight is 948 g/mol. The minimum Gasteiger partial charge on any atom is -0.171 e. The van der Waals surface area contributed by atoms with E-state index in [0.29, 0.717) is 61.4 Å². The van der Waals surface area contributed by atoms with Crippen molar-refractivity contribution in [2.24, 2.45) is 22.2 Å². The van der Waals surface area contributed by atoms with Crippen molar-refractivity contribution in [3.8, 4) is 11.5 Å².